The third-order valence-corrected chi connectivity index (χ3v) is 7.74. The molecule has 0 bridgehead atoms. The lowest BCUT2D eigenvalue weighted by molar-refractivity contribution is -0.174. The molecule has 0 radical (unpaired) electrons. The minimum atomic E-state index is -2.65. The molecule has 7 N–H and O–H groups in total. The van der Waals surface area contributed by atoms with Crippen molar-refractivity contribution in [1.82, 2.24) is 0 Å². The largest absolute Gasteiger partial charge is 0.507 e. The number of fused-ring (bicyclic) bond motifs is 3. The Morgan fingerprint density at radius 2 is 1.76 bits per heavy atom. The molecule has 5 atom stereocenters. The predicted octanol–water partition coefficient (Wildman–Crippen LogP) is 1.51. The van der Waals surface area contributed by atoms with Crippen LogP contribution in [0.1, 0.15) is 29.5 Å². The molecular weight excluding hydrogens is 496 g/mol. The van der Waals surface area contributed by atoms with Gasteiger partial charge in [-0.1, -0.05) is 17.7 Å². The average Bonchev–Trinajstić information content (AvgIpc) is 2.84. The number of carbonyl (C=O) groups is 4. The number of benzene rings is 2. The van der Waals surface area contributed by atoms with Crippen molar-refractivity contribution in [2.45, 2.75) is 37.9 Å². The highest BCUT2D eigenvalue weighted by Crippen LogP contribution is 2.52. The standard InChI is InChI=1S/C27H26N2O9/c1-11-2-4-14(5-3-11)38-26(36)29-16-6-7-17(30)20-15(16)9-12-8-13-10-18(31)21(25(28)35)24(34)27(13,37)23(33)19(12)22(20)32/h2-7,12-13,18,21,30-32,37H,8-10H2,1H3,(H2,28,35)(H,29,36)/t12-,13+,18?,21?,27+/m1/s1. The zero-order valence-electron chi connectivity index (χ0n) is 20.3. The van der Waals surface area contributed by atoms with Crippen LogP contribution in [0.5, 0.6) is 11.5 Å². The average molecular weight is 523 g/mol. The Labute approximate surface area is 216 Å². The lowest BCUT2D eigenvalue weighted by Gasteiger charge is -2.48. The topological polar surface area (TPSA) is 196 Å². The third-order valence-electron chi connectivity index (χ3n) is 7.74. The number of aliphatic hydroxyl groups excluding tert-OH is 2. The second-order valence-electron chi connectivity index (χ2n) is 10.1. The van der Waals surface area contributed by atoms with Crippen LogP contribution in [0.2, 0.25) is 0 Å². The SMILES string of the molecule is Cc1ccc(OC(=O)Nc2ccc(O)c3c2C[C@H]2C[C@H]4CC(O)C(C(N)=O)C(=O)[C@@]4(O)C(=O)C2=C3O)cc1. The van der Waals surface area contributed by atoms with E-state index in [1.807, 2.05) is 6.92 Å². The first-order valence-corrected chi connectivity index (χ1v) is 12.1. The van der Waals surface area contributed by atoms with Gasteiger partial charge in [-0.15, -0.1) is 0 Å². The first-order chi connectivity index (χ1) is 17.9. The number of hydrogen-bond donors (Lipinski definition) is 6. The van der Waals surface area contributed by atoms with Crippen LogP contribution in [0, 0.1) is 24.7 Å². The number of hydrogen-bond acceptors (Lipinski definition) is 9. The molecule has 11 heteroatoms. The molecule has 2 aromatic rings. The zero-order chi connectivity index (χ0) is 27.5. The molecule has 0 spiro atoms. The number of carbonyl (C=O) groups excluding carboxylic acids is 4. The fourth-order valence-electron chi connectivity index (χ4n) is 5.89. The number of nitrogens with one attached hydrogen (secondary N) is 1. The number of phenolic OH excluding ortho intramolecular Hbond substituents is 1. The number of phenols is 1. The van der Waals surface area contributed by atoms with Crippen LogP contribution in [-0.2, 0) is 20.8 Å². The van der Waals surface area contributed by atoms with E-state index in [0.717, 1.165) is 5.56 Å². The smallest absolute Gasteiger partial charge is 0.417 e. The minimum Gasteiger partial charge on any atom is -0.507 e. The summed E-state index contributed by atoms with van der Waals surface area (Å²) < 4.78 is 5.30. The number of amides is 2. The maximum atomic E-state index is 13.5. The summed E-state index contributed by atoms with van der Waals surface area (Å²) in [6.07, 6.45) is -2.44. The number of rotatable bonds is 3. The molecule has 3 aliphatic carbocycles. The van der Waals surface area contributed by atoms with Gasteiger partial charge in [0.25, 0.3) is 0 Å². The molecule has 2 amide bonds. The van der Waals surface area contributed by atoms with Crippen molar-refractivity contribution in [3.8, 4) is 11.5 Å². The van der Waals surface area contributed by atoms with E-state index < -0.39 is 58.8 Å². The second kappa shape index (κ2) is 8.96. The number of Topliss-reactive ketones (excluding diaryl/α,β-unsaturated/α-hetero) is 2. The molecule has 2 unspecified atom stereocenters. The maximum Gasteiger partial charge on any atom is 0.417 e. The second-order valence-corrected chi connectivity index (χ2v) is 10.1. The van der Waals surface area contributed by atoms with Gasteiger partial charge in [-0.2, -0.15) is 0 Å². The van der Waals surface area contributed by atoms with Gasteiger partial charge in [-0.05, 0) is 61.9 Å². The highest BCUT2D eigenvalue weighted by Gasteiger charge is 2.64. The molecule has 0 aliphatic heterocycles. The Hall–Kier alpha value is -4.22. The fourth-order valence-corrected chi connectivity index (χ4v) is 5.89. The van der Waals surface area contributed by atoms with Gasteiger partial charge in [0.1, 0.15) is 23.2 Å². The first-order valence-electron chi connectivity index (χ1n) is 12.1. The number of nitrogens with two attached hydrogens (primary N) is 1. The summed E-state index contributed by atoms with van der Waals surface area (Å²) in [5.41, 5.74) is 3.73. The summed E-state index contributed by atoms with van der Waals surface area (Å²) in [5.74, 6) is -7.70. The molecule has 38 heavy (non-hydrogen) atoms. The molecule has 0 aromatic heterocycles. The number of aryl methyl sites for hydroxylation is 1. The Bertz CT molecular complexity index is 1410. The third kappa shape index (κ3) is 3.82. The Morgan fingerprint density at radius 1 is 1.08 bits per heavy atom. The van der Waals surface area contributed by atoms with Gasteiger partial charge in [0.05, 0.1) is 11.7 Å². The van der Waals surface area contributed by atoms with E-state index in [1.54, 1.807) is 24.3 Å². The van der Waals surface area contributed by atoms with E-state index in [0.29, 0.717) is 11.3 Å². The van der Waals surface area contributed by atoms with Crippen LogP contribution in [-0.4, -0.2) is 55.7 Å². The summed E-state index contributed by atoms with van der Waals surface area (Å²) >= 11 is 0. The van der Waals surface area contributed by atoms with Crippen molar-refractivity contribution in [3.63, 3.8) is 0 Å². The summed E-state index contributed by atoms with van der Waals surface area (Å²) in [7, 11) is 0. The molecule has 2 saturated carbocycles. The van der Waals surface area contributed by atoms with Gasteiger partial charge in [0, 0.05) is 17.2 Å². The van der Waals surface area contributed by atoms with Crippen molar-refractivity contribution in [2.24, 2.45) is 23.5 Å². The van der Waals surface area contributed by atoms with Gasteiger partial charge in [0.15, 0.2) is 11.4 Å². The van der Waals surface area contributed by atoms with Gasteiger partial charge >= 0.3 is 6.09 Å². The molecule has 0 heterocycles. The Morgan fingerprint density at radius 3 is 2.42 bits per heavy atom. The van der Waals surface area contributed by atoms with Crippen molar-refractivity contribution in [1.29, 1.82) is 0 Å². The van der Waals surface area contributed by atoms with E-state index in [2.05, 4.69) is 5.32 Å². The summed E-state index contributed by atoms with van der Waals surface area (Å²) in [6.45, 7) is 1.89. The highest BCUT2D eigenvalue weighted by molar-refractivity contribution is 6.24. The molecule has 5 rings (SSSR count). The number of aliphatic hydroxyl groups is 3. The van der Waals surface area contributed by atoms with Gasteiger partial charge in [-0.3, -0.25) is 19.7 Å². The number of primary amides is 1. The van der Waals surface area contributed by atoms with Crippen LogP contribution in [0.4, 0.5) is 10.5 Å². The summed E-state index contributed by atoms with van der Waals surface area (Å²) in [6, 6.07) is 9.44. The molecule has 3 aliphatic rings. The van der Waals surface area contributed by atoms with Crippen LogP contribution in [0.15, 0.2) is 42.0 Å². The predicted molar refractivity (Wildman–Crippen MR) is 132 cm³/mol. The van der Waals surface area contributed by atoms with Crippen LogP contribution >= 0.6 is 0 Å². The van der Waals surface area contributed by atoms with Crippen LogP contribution in [0.25, 0.3) is 5.76 Å². The molecule has 2 aromatic carbocycles. The van der Waals surface area contributed by atoms with Crippen LogP contribution < -0.4 is 15.8 Å². The minimum absolute atomic E-state index is 0.0122. The lowest BCUT2D eigenvalue weighted by Crippen LogP contribution is -2.66. The molecule has 0 saturated heterocycles. The highest BCUT2D eigenvalue weighted by atomic mass is 16.6. The van der Waals surface area contributed by atoms with Gasteiger partial charge < -0.3 is 30.9 Å². The number of ether oxygens (including phenoxy) is 1. The van der Waals surface area contributed by atoms with Gasteiger partial charge in [-0.25, -0.2) is 4.79 Å². The summed E-state index contributed by atoms with van der Waals surface area (Å²) in [4.78, 5) is 50.9. The Balaban J connectivity index is 1.51. The first kappa shape index (κ1) is 25.4. The van der Waals surface area contributed by atoms with Gasteiger partial charge in [0.2, 0.25) is 11.7 Å². The van der Waals surface area contributed by atoms with Crippen molar-refractivity contribution in [3.05, 3.63) is 58.7 Å². The zero-order valence-corrected chi connectivity index (χ0v) is 20.3. The molecule has 198 valence electrons. The quantitative estimate of drug-likeness (QED) is 0.256. The number of aromatic hydroxyl groups is 1. The van der Waals surface area contributed by atoms with Crippen molar-refractivity contribution in [2.75, 3.05) is 5.32 Å². The molecule has 11 nitrogen and oxygen atoms in total. The molecular formula is C27H26N2O9. The van der Waals surface area contributed by atoms with Crippen LogP contribution in [0.3, 0.4) is 0 Å². The lowest BCUT2D eigenvalue weighted by atomic mass is 9.56. The Kier molecular flexibility index (Phi) is 6.00. The van der Waals surface area contributed by atoms with E-state index in [4.69, 9.17) is 10.5 Å². The van der Waals surface area contributed by atoms with Crippen molar-refractivity contribution < 1.29 is 44.3 Å². The summed E-state index contributed by atoms with van der Waals surface area (Å²) in [5, 5.41) is 45.9. The van der Waals surface area contributed by atoms with E-state index >= 15 is 0 Å². The number of anilines is 1. The maximum absolute atomic E-state index is 13.5. The van der Waals surface area contributed by atoms with E-state index in [9.17, 15) is 39.6 Å². The molecule has 2 fully saturated rings. The fraction of sp³-hybridized carbons (Fsp3) is 0.333. The van der Waals surface area contributed by atoms with E-state index in [-0.39, 0.29) is 41.8 Å². The number of ketones is 2. The normalized spacial score (nSPS) is 28.2. The van der Waals surface area contributed by atoms with E-state index in [1.165, 1.54) is 12.1 Å². The van der Waals surface area contributed by atoms with Crippen molar-refractivity contribution >= 4 is 35.0 Å². The monoisotopic (exact) mass is 522 g/mol.